The molecular weight excluding hydrogens is 521 g/mol. The van der Waals surface area contributed by atoms with Gasteiger partial charge < -0.3 is 10.2 Å². The van der Waals surface area contributed by atoms with Crippen molar-refractivity contribution >= 4 is 50.7 Å². The summed E-state index contributed by atoms with van der Waals surface area (Å²) in [4.78, 5) is 27.6. The van der Waals surface area contributed by atoms with E-state index in [1.54, 1.807) is 25.1 Å². The van der Waals surface area contributed by atoms with Gasteiger partial charge in [0.1, 0.15) is 12.6 Å². The van der Waals surface area contributed by atoms with Gasteiger partial charge in [0, 0.05) is 13.6 Å². The van der Waals surface area contributed by atoms with Crippen molar-refractivity contribution in [3.63, 3.8) is 0 Å². The van der Waals surface area contributed by atoms with Gasteiger partial charge in [-0.2, -0.15) is 0 Å². The second-order valence-corrected chi connectivity index (χ2v) is 10.8. The number of sulfonamides is 1. The maximum Gasteiger partial charge on any atom is 0.264 e. The zero-order chi connectivity index (χ0) is 26.5. The van der Waals surface area contributed by atoms with Crippen LogP contribution in [-0.4, -0.2) is 44.8 Å². The Kier molecular flexibility index (Phi) is 9.00. The van der Waals surface area contributed by atoms with E-state index >= 15 is 0 Å². The summed E-state index contributed by atoms with van der Waals surface area (Å²) in [5, 5.41) is 2.95. The molecule has 0 heterocycles. The third-order valence-corrected chi connectivity index (χ3v) is 8.34. The highest BCUT2D eigenvalue weighted by Gasteiger charge is 2.32. The van der Waals surface area contributed by atoms with Crippen LogP contribution in [-0.2, 0) is 26.2 Å². The van der Waals surface area contributed by atoms with E-state index in [1.807, 2.05) is 31.2 Å². The molecule has 0 radical (unpaired) electrons. The van der Waals surface area contributed by atoms with Crippen LogP contribution < -0.4 is 9.62 Å². The molecule has 1 atom stereocenters. The molecule has 10 heteroatoms. The van der Waals surface area contributed by atoms with Crippen LogP contribution in [0.15, 0.2) is 77.7 Å². The molecule has 190 valence electrons. The van der Waals surface area contributed by atoms with Crippen molar-refractivity contribution in [2.24, 2.45) is 0 Å². The third kappa shape index (κ3) is 6.19. The molecular formula is C26H27Cl2N3O4S. The van der Waals surface area contributed by atoms with Crippen LogP contribution in [0.4, 0.5) is 5.69 Å². The van der Waals surface area contributed by atoms with Gasteiger partial charge in [-0.15, -0.1) is 0 Å². The van der Waals surface area contributed by atoms with Gasteiger partial charge in [-0.25, -0.2) is 8.42 Å². The molecule has 0 aliphatic heterocycles. The molecule has 0 aliphatic carbocycles. The predicted molar refractivity (Wildman–Crippen MR) is 143 cm³/mol. The van der Waals surface area contributed by atoms with Gasteiger partial charge in [0.2, 0.25) is 11.8 Å². The van der Waals surface area contributed by atoms with Crippen LogP contribution >= 0.6 is 23.2 Å². The molecule has 3 aromatic carbocycles. The number of aryl methyl sites for hydroxylation is 1. The summed E-state index contributed by atoms with van der Waals surface area (Å²) in [5.74, 6) is -0.927. The zero-order valence-corrected chi connectivity index (χ0v) is 22.4. The molecule has 0 aromatic heterocycles. The number of carbonyl (C=O) groups excluding carboxylic acids is 2. The molecule has 0 spiro atoms. The predicted octanol–water partition coefficient (Wildman–Crippen LogP) is 4.66. The van der Waals surface area contributed by atoms with E-state index in [1.165, 1.54) is 42.3 Å². The van der Waals surface area contributed by atoms with Crippen molar-refractivity contribution in [3.05, 3.63) is 94.0 Å². The van der Waals surface area contributed by atoms with Gasteiger partial charge >= 0.3 is 0 Å². The average Bonchev–Trinajstić information content (AvgIpc) is 2.87. The number of nitrogens with one attached hydrogen (secondary N) is 1. The summed E-state index contributed by atoms with van der Waals surface area (Å²) in [7, 11) is -2.68. The summed E-state index contributed by atoms with van der Waals surface area (Å²) < 4.78 is 28.3. The minimum atomic E-state index is -4.16. The van der Waals surface area contributed by atoms with E-state index in [9.17, 15) is 18.0 Å². The SMILES string of the molecule is CNC(=O)[C@H](C)N(Cc1ccccc1C)C(=O)CN(c1ccc(Cl)c(Cl)c1)S(=O)(=O)c1ccccc1. The molecule has 3 rings (SSSR count). The summed E-state index contributed by atoms with van der Waals surface area (Å²) in [6, 6.07) is 18.8. The van der Waals surface area contributed by atoms with E-state index < -0.39 is 28.5 Å². The molecule has 0 saturated heterocycles. The first-order valence-electron chi connectivity index (χ1n) is 11.1. The highest BCUT2D eigenvalue weighted by molar-refractivity contribution is 7.92. The molecule has 7 nitrogen and oxygen atoms in total. The minimum absolute atomic E-state index is 0.00803. The van der Waals surface area contributed by atoms with E-state index in [-0.39, 0.29) is 33.1 Å². The highest BCUT2D eigenvalue weighted by Crippen LogP contribution is 2.31. The number of anilines is 1. The first kappa shape index (κ1) is 27.5. The molecule has 0 aliphatic rings. The van der Waals surface area contributed by atoms with Crippen molar-refractivity contribution in [2.75, 3.05) is 17.9 Å². The molecule has 3 aromatic rings. The van der Waals surface area contributed by atoms with Crippen LogP contribution in [0.2, 0.25) is 10.0 Å². The smallest absolute Gasteiger partial charge is 0.264 e. The van der Waals surface area contributed by atoms with Crippen molar-refractivity contribution in [2.45, 2.75) is 31.3 Å². The number of benzene rings is 3. The minimum Gasteiger partial charge on any atom is -0.357 e. The molecule has 2 amide bonds. The Labute approximate surface area is 221 Å². The number of carbonyl (C=O) groups is 2. The maximum atomic E-state index is 13.7. The first-order chi connectivity index (χ1) is 17.1. The fourth-order valence-corrected chi connectivity index (χ4v) is 5.37. The molecule has 1 N–H and O–H groups in total. The monoisotopic (exact) mass is 547 g/mol. The Balaban J connectivity index is 2.06. The van der Waals surface area contributed by atoms with Gasteiger partial charge in [-0.3, -0.25) is 13.9 Å². The van der Waals surface area contributed by atoms with Gasteiger partial charge in [-0.1, -0.05) is 65.7 Å². The molecule has 0 fully saturated rings. The molecule has 0 unspecified atom stereocenters. The number of halogens is 2. The topological polar surface area (TPSA) is 86.8 Å². The van der Waals surface area contributed by atoms with Crippen LogP contribution in [0.3, 0.4) is 0 Å². The summed E-state index contributed by atoms with van der Waals surface area (Å²) >= 11 is 12.2. The van der Waals surface area contributed by atoms with Crippen molar-refractivity contribution in [3.8, 4) is 0 Å². The lowest BCUT2D eigenvalue weighted by atomic mass is 10.1. The summed E-state index contributed by atoms with van der Waals surface area (Å²) in [6.45, 7) is 3.08. The van der Waals surface area contributed by atoms with E-state index in [0.29, 0.717) is 0 Å². The van der Waals surface area contributed by atoms with Crippen LogP contribution in [0.5, 0.6) is 0 Å². The van der Waals surface area contributed by atoms with Crippen molar-refractivity contribution in [1.82, 2.24) is 10.2 Å². The first-order valence-corrected chi connectivity index (χ1v) is 13.3. The van der Waals surface area contributed by atoms with Crippen LogP contribution in [0, 0.1) is 6.92 Å². The van der Waals surface area contributed by atoms with Crippen LogP contribution in [0.1, 0.15) is 18.1 Å². The zero-order valence-electron chi connectivity index (χ0n) is 20.1. The summed E-state index contributed by atoms with van der Waals surface area (Å²) in [6.07, 6.45) is 0. The number of rotatable bonds is 9. The third-order valence-electron chi connectivity index (χ3n) is 5.82. The average molecular weight is 548 g/mol. The lowest BCUT2D eigenvalue weighted by molar-refractivity contribution is -0.139. The fraction of sp³-hybridized carbons (Fsp3) is 0.231. The highest BCUT2D eigenvalue weighted by atomic mass is 35.5. The number of likely N-dealkylation sites (N-methyl/N-ethyl adjacent to an activating group) is 1. The quantitative estimate of drug-likeness (QED) is 0.422. The largest absolute Gasteiger partial charge is 0.357 e. The molecule has 0 bridgehead atoms. The Morgan fingerprint density at radius 1 is 0.944 bits per heavy atom. The molecule has 36 heavy (non-hydrogen) atoms. The maximum absolute atomic E-state index is 13.7. The Hall–Kier alpha value is -3.07. The Morgan fingerprint density at radius 3 is 2.19 bits per heavy atom. The van der Waals surface area contributed by atoms with Gasteiger partial charge in [0.15, 0.2) is 0 Å². The second kappa shape index (κ2) is 11.8. The Bertz CT molecular complexity index is 1350. The van der Waals surface area contributed by atoms with E-state index in [0.717, 1.165) is 15.4 Å². The number of hydrogen-bond acceptors (Lipinski definition) is 4. The van der Waals surface area contributed by atoms with Crippen molar-refractivity contribution < 1.29 is 18.0 Å². The normalized spacial score (nSPS) is 12.0. The van der Waals surface area contributed by atoms with Gasteiger partial charge in [-0.05, 0) is 55.3 Å². The van der Waals surface area contributed by atoms with E-state index in [2.05, 4.69) is 5.32 Å². The lowest BCUT2D eigenvalue weighted by Gasteiger charge is -2.32. The van der Waals surface area contributed by atoms with Gasteiger partial charge in [0.05, 0.1) is 20.6 Å². The lowest BCUT2D eigenvalue weighted by Crippen LogP contribution is -2.50. The standard InChI is InChI=1S/C26H27Cl2N3O4S/c1-18-9-7-8-10-20(18)16-30(19(2)26(33)29-3)25(32)17-31(21-13-14-23(27)24(28)15-21)36(34,35)22-11-5-4-6-12-22/h4-15,19H,16-17H2,1-3H3,(H,29,33)/t19-/m0/s1. The Morgan fingerprint density at radius 2 is 1.58 bits per heavy atom. The number of hydrogen-bond donors (Lipinski definition) is 1. The summed E-state index contributed by atoms with van der Waals surface area (Å²) in [5.41, 5.74) is 1.95. The van der Waals surface area contributed by atoms with Crippen molar-refractivity contribution in [1.29, 1.82) is 0 Å². The second-order valence-electron chi connectivity index (χ2n) is 8.16. The van der Waals surface area contributed by atoms with Gasteiger partial charge in [0.25, 0.3) is 10.0 Å². The molecule has 0 saturated carbocycles. The number of nitrogens with zero attached hydrogens (tertiary/aromatic N) is 2. The van der Waals surface area contributed by atoms with E-state index in [4.69, 9.17) is 23.2 Å². The number of amides is 2. The fourth-order valence-electron chi connectivity index (χ4n) is 3.65. The van der Waals surface area contributed by atoms with Crippen LogP contribution in [0.25, 0.3) is 0 Å².